The van der Waals surface area contributed by atoms with E-state index in [1.807, 2.05) is 19.9 Å². The minimum Gasteiger partial charge on any atom is -0.437 e. The normalized spacial score (nSPS) is 10.0. The van der Waals surface area contributed by atoms with Crippen LogP contribution in [0.15, 0.2) is 24.3 Å². The van der Waals surface area contributed by atoms with Gasteiger partial charge < -0.3 is 10.1 Å². The van der Waals surface area contributed by atoms with Gasteiger partial charge in [-0.15, -0.1) is 0 Å². The Morgan fingerprint density at radius 2 is 2.00 bits per heavy atom. The summed E-state index contributed by atoms with van der Waals surface area (Å²) in [4.78, 5) is 8.72. The number of benzene rings is 1. The number of para-hydroxylation sites is 1. The molecule has 1 aromatic carbocycles. The molecule has 2 rings (SSSR count). The van der Waals surface area contributed by atoms with Gasteiger partial charge in [0.05, 0.1) is 11.1 Å². The first kappa shape index (κ1) is 14.8. The van der Waals surface area contributed by atoms with Crippen LogP contribution in [0.3, 0.4) is 0 Å². The molecule has 2 aromatic rings. The summed E-state index contributed by atoms with van der Waals surface area (Å²) in [6, 6.07) is 9.22. The van der Waals surface area contributed by atoms with Gasteiger partial charge in [0, 0.05) is 6.54 Å². The topological polar surface area (TPSA) is 70.8 Å². The molecule has 108 valence electrons. The molecule has 0 atom stereocenters. The number of rotatable bonds is 5. The molecule has 0 amide bonds. The number of anilines is 1. The summed E-state index contributed by atoms with van der Waals surface area (Å²) in [6.45, 7) is 6.66. The fourth-order valence-electron chi connectivity index (χ4n) is 1.87. The van der Waals surface area contributed by atoms with Crippen molar-refractivity contribution in [1.29, 1.82) is 5.26 Å². The monoisotopic (exact) mass is 282 g/mol. The van der Waals surface area contributed by atoms with Gasteiger partial charge in [-0.25, -0.2) is 4.98 Å². The molecule has 1 aromatic heterocycles. The second-order valence-corrected chi connectivity index (χ2v) is 4.69. The fourth-order valence-corrected chi connectivity index (χ4v) is 1.87. The first-order valence-corrected chi connectivity index (χ1v) is 6.91. The van der Waals surface area contributed by atoms with Gasteiger partial charge in [0.15, 0.2) is 0 Å². The molecule has 0 unspecified atom stereocenters. The van der Waals surface area contributed by atoms with Gasteiger partial charge in [-0.1, -0.05) is 19.1 Å². The number of hydrogen-bond acceptors (Lipinski definition) is 5. The Kier molecular flexibility index (Phi) is 4.72. The van der Waals surface area contributed by atoms with Crippen molar-refractivity contribution in [3.8, 4) is 17.7 Å². The quantitative estimate of drug-likeness (QED) is 0.907. The fraction of sp³-hybridized carbons (Fsp3) is 0.312. The van der Waals surface area contributed by atoms with Crippen molar-refractivity contribution in [2.24, 2.45) is 0 Å². The molecule has 0 aliphatic heterocycles. The number of ether oxygens (including phenoxy) is 1. The Hall–Kier alpha value is -2.61. The molecule has 1 heterocycles. The number of aromatic nitrogens is 2. The predicted molar refractivity (Wildman–Crippen MR) is 81.5 cm³/mol. The standard InChI is InChI=1S/C16H18N4O/c1-4-9-18-15-11(2)16(20-12(3)19-15)21-14-8-6-5-7-13(14)10-17/h5-8H,4,9H2,1-3H3,(H,18,19,20). The van der Waals surface area contributed by atoms with Crippen molar-refractivity contribution in [2.45, 2.75) is 27.2 Å². The van der Waals surface area contributed by atoms with Gasteiger partial charge in [0.2, 0.25) is 5.88 Å². The summed E-state index contributed by atoms with van der Waals surface area (Å²) in [6.07, 6.45) is 1.01. The molecule has 0 saturated heterocycles. The summed E-state index contributed by atoms with van der Waals surface area (Å²) < 4.78 is 5.82. The average Bonchev–Trinajstić information content (AvgIpc) is 2.49. The van der Waals surface area contributed by atoms with Crippen LogP contribution < -0.4 is 10.1 Å². The molecule has 5 heteroatoms. The van der Waals surface area contributed by atoms with E-state index in [1.54, 1.807) is 18.2 Å². The van der Waals surface area contributed by atoms with E-state index in [0.29, 0.717) is 23.0 Å². The van der Waals surface area contributed by atoms with Crippen molar-refractivity contribution in [3.05, 3.63) is 41.2 Å². The first-order valence-electron chi connectivity index (χ1n) is 6.91. The second kappa shape index (κ2) is 6.71. The summed E-state index contributed by atoms with van der Waals surface area (Å²) >= 11 is 0. The minimum atomic E-state index is 0.476. The van der Waals surface area contributed by atoms with E-state index in [9.17, 15) is 0 Å². The Morgan fingerprint density at radius 3 is 2.71 bits per heavy atom. The van der Waals surface area contributed by atoms with E-state index in [0.717, 1.165) is 24.3 Å². The predicted octanol–water partition coefficient (Wildman–Crippen LogP) is 3.58. The van der Waals surface area contributed by atoms with Crippen molar-refractivity contribution in [1.82, 2.24) is 9.97 Å². The van der Waals surface area contributed by atoms with Crippen molar-refractivity contribution in [3.63, 3.8) is 0 Å². The van der Waals surface area contributed by atoms with Gasteiger partial charge in [0.1, 0.15) is 23.5 Å². The molecule has 0 spiro atoms. The number of aryl methyl sites for hydroxylation is 1. The number of nitrogens with zero attached hydrogens (tertiary/aromatic N) is 3. The van der Waals surface area contributed by atoms with Crippen LogP contribution in [-0.2, 0) is 0 Å². The van der Waals surface area contributed by atoms with Crippen LogP contribution in [0.5, 0.6) is 11.6 Å². The molecular formula is C16H18N4O. The maximum atomic E-state index is 9.12. The second-order valence-electron chi connectivity index (χ2n) is 4.69. The summed E-state index contributed by atoms with van der Waals surface area (Å²) in [5, 5.41) is 12.4. The Balaban J connectivity index is 2.36. The first-order chi connectivity index (χ1) is 10.2. The Bertz CT molecular complexity index is 676. The summed E-state index contributed by atoms with van der Waals surface area (Å²) in [7, 11) is 0. The van der Waals surface area contributed by atoms with Crippen molar-refractivity contribution in [2.75, 3.05) is 11.9 Å². The van der Waals surface area contributed by atoms with Crippen LogP contribution in [0.25, 0.3) is 0 Å². The smallest absolute Gasteiger partial charge is 0.227 e. The average molecular weight is 282 g/mol. The lowest BCUT2D eigenvalue weighted by Crippen LogP contribution is -2.07. The number of nitriles is 1. The third-order valence-electron chi connectivity index (χ3n) is 2.97. The van der Waals surface area contributed by atoms with Gasteiger partial charge in [0.25, 0.3) is 0 Å². The molecule has 5 nitrogen and oxygen atoms in total. The van der Waals surface area contributed by atoms with Crippen molar-refractivity contribution >= 4 is 5.82 Å². The van der Waals surface area contributed by atoms with Crippen LogP contribution in [0, 0.1) is 25.2 Å². The van der Waals surface area contributed by atoms with Crippen LogP contribution >= 0.6 is 0 Å². The third-order valence-corrected chi connectivity index (χ3v) is 2.97. The zero-order valence-corrected chi connectivity index (χ0v) is 12.5. The van der Waals surface area contributed by atoms with E-state index < -0.39 is 0 Å². The zero-order valence-electron chi connectivity index (χ0n) is 12.5. The van der Waals surface area contributed by atoms with E-state index in [4.69, 9.17) is 10.00 Å². The largest absolute Gasteiger partial charge is 0.437 e. The van der Waals surface area contributed by atoms with Crippen LogP contribution in [0.1, 0.15) is 30.3 Å². The molecule has 0 radical (unpaired) electrons. The third kappa shape index (κ3) is 3.48. The highest BCUT2D eigenvalue weighted by Gasteiger charge is 2.12. The highest BCUT2D eigenvalue weighted by molar-refractivity contribution is 5.51. The molecule has 0 aliphatic rings. The van der Waals surface area contributed by atoms with Gasteiger partial charge in [-0.3, -0.25) is 0 Å². The van der Waals surface area contributed by atoms with Crippen LogP contribution in [0.4, 0.5) is 5.82 Å². The maximum absolute atomic E-state index is 9.12. The van der Waals surface area contributed by atoms with Gasteiger partial charge in [-0.2, -0.15) is 10.2 Å². The van der Waals surface area contributed by atoms with Gasteiger partial charge >= 0.3 is 0 Å². The summed E-state index contributed by atoms with van der Waals surface area (Å²) in [5.74, 6) is 2.38. The molecule has 1 N–H and O–H groups in total. The van der Waals surface area contributed by atoms with E-state index in [-0.39, 0.29) is 0 Å². The Labute approximate surface area is 124 Å². The lowest BCUT2D eigenvalue weighted by atomic mass is 10.2. The van der Waals surface area contributed by atoms with Crippen LogP contribution in [0.2, 0.25) is 0 Å². The molecule has 0 bridgehead atoms. The molecular weight excluding hydrogens is 264 g/mol. The van der Waals surface area contributed by atoms with Crippen molar-refractivity contribution < 1.29 is 4.74 Å². The highest BCUT2D eigenvalue weighted by Crippen LogP contribution is 2.28. The van der Waals surface area contributed by atoms with Gasteiger partial charge in [-0.05, 0) is 32.4 Å². The summed E-state index contributed by atoms with van der Waals surface area (Å²) in [5.41, 5.74) is 1.32. The Morgan fingerprint density at radius 1 is 1.24 bits per heavy atom. The van der Waals surface area contributed by atoms with E-state index in [2.05, 4.69) is 28.3 Å². The van der Waals surface area contributed by atoms with Crippen LogP contribution in [-0.4, -0.2) is 16.5 Å². The molecule has 21 heavy (non-hydrogen) atoms. The molecule has 0 fully saturated rings. The lowest BCUT2D eigenvalue weighted by Gasteiger charge is -2.13. The van der Waals surface area contributed by atoms with E-state index >= 15 is 0 Å². The SMILES string of the molecule is CCCNc1nc(C)nc(Oc2ccccc2C#N)c1C. The molecule has 0 aliphatic carbocycles. The molecule has 0 saturated carbocycles. The number of nitrogens with one attached hydrogen (secondary N) is 1. The highest BCUT2D eigenvalue weighted by atomic mass is 16.5. The number of hydrogen-bond donors (Lipinski definition) is 1. The maximum Gasteiger partial charge on any atom is 0.227 e. The lowest BCUT2D eigenvalue weighted by molar-refractivity contribution is 0.454. The zero-order chi connectivity index (χ0) is 15.2. The minimum absolute atomic E-state index is 0.476. The van der Waals surface area contributed by atoms with E-state index in [1.165, 1.54) is 0 Å².